The van der Waals surface area contributed by atoms with Gasteiger partial charge in [0.15, 0.2) is 0 Å². The molecule has 0 atom stereocenters. The Morgan fingerprint density at radius 2 is 1.89 bits per heavy atom. The van der Waals surface area contributed by atoms with E-state index in [1.54, 1.807) is 0 Å². The zero-order valence-electron chi connectivity index (χ0n) is 11.2. The summed E-state index contributed by atoms with van der Waals surface area (Å²) in [5, 5.41) is 2.97. The maximum Gasteiger partial charge on any atom is 0.252 e. The van der Waals surface area contributed by atoms with Crippen LogP contribution in [0, 0.1) is 0 Å². The number of H-pyrrole nitrogens is 1. The molecule has 2 N–H and O–H groups in total. The molecule has 0 bridgehead atoms. The molecule has 0 saturated heterocycles. The molecule has 0 amide bonds. The Hall–Kier alpha value is -2.07. The summed E-state index contributed by atoms with van der Waals surface area (Å²) in [6, 6.07) is 11.4. The number of benzene rings is 1. The summed E-state index contributed by atoms with van der Waals surface area (Å²) in [5.41, 5.74) is 2.46. The largest absolute Gasteiger partial charge is 0.494 e. The molecule has 2 aromatic rings. The van der Waals surface area contributed by atoms with Gasteiger partial charge in [0.25, 0.3) is 5.56 Å². The summed E-state index contributed by atoms with van der Waals surface area (Å²) in [7, 11) is 1.82. The van der Waals surface area contributed by atoms with Crippen molar-refractivity contribution in [3.8, 4) is 17.0 Å². The van der Waals surface area contributed by atoms with Crippen molar-refractivity contribution >= 4 is 0 Å². The van der Waals surface area contributed by atoms with E-state index in [0.29, 0.717) is 13.2 Å². The predicted molar refractivity (Wildman–Crippen MR) is 76.4 cm³/mol. The molecule has 0 aliphatic heterocycles. The Morgan fingerprint density at radius 1 is 1.16 bits per heavy atom. The highest BCUT2D eigenvalue weighted by atomic mass is 16.5. The second kappa shape index (κ2) is 6.20. The van der Waals surface area contributed by atoms with Crippen LogP contribution in [0.2, 0.25) is 0 Å². The molecule has 0 radical (unpaired) electrons. The van der Waals surface area contributed by atoms with Crippen LogP contribution in [-0.2, 0) is 6.54 Å². The number of ether oxygens (including phenoxy) is 1. The first-order valence-corrected chi connectivity index (χ1v) is 6.34. The van der Waals surface area contributed by atoms with Gasteiger partial charge in [-0.15, -0.1) is 0 Å². The van der Waals surface area contributed by atoms with Crippen molar-refractivity contribution in [3.63, 3.8) is 0 Å². The van der Waals surface area contributed by atoms with Crippen molar-refractivity contribution in [1.29, 1.82) is 0 Å². The third-order valence-corrected chi connectivity index (χ3v) is 2.83. The molecule has 19 heavy (non-hydrogen) atoms. The number of aromatic nitrogens is 1. The van der Waals surface area contributed by atoms with Gasteiger partial charge in [0, 0.05) is 17.8 Å². The van der Waals surface area contributed by atoms with Gasteiger partial charge in [-0.1, -0.05) is 6.07 Å². The van der Waals surface area contributed by atoms with E-state index >= 15 is 0 Å². The van der Waals surface area contributed by atoms with Gasteiger partial charge in [0.05, 0.1) is 6.61 Å². The summed E-state index contributed by atoms with van der Waals surface area (Å²) in [6.45, 7) is 3.17. The predicted octanol–water partition coefficient (Wildman–Crippen LogP) is 2.16. The molecule has 1 aromatic carbocycles. The zero-order chi connectivity index (χ0) is 13.7. The molecule has 4 nitrogen and oxygen atoms in total. The van der Waals surface area contributed by atoms with E-state index in [1.165, 1.54) is 0 Å². The van der Waals surface area contributed by atoms with E-state index in [2.05, 4.69) is 10.3 Å². The molecule has 100 valence electrons. The third-order valence-electron chi connectivity index (χ3n) is 2.83. The van der Waals surface area contributed by atoms with E-state index in [0.717, 1.165) is 22.6 Å². The number of hydrogen-bond donors (Lipinski definition) is 2. The lowest BCUT2D eigenvalue weighted by atomic mass is 10.1. The Morgan fingerprint density at radius 3 is 2.47 bits per heavy atom. The maximum atomic E-state index is 11.9. The van der Waals surface area contributed by atoms with Crippen molar-refractivity contribution in [2.45, 2.75) is 13.5 Å². The normalized spacial score (nSPS) is 10.4. The minimum atomic E-state index is -0.0549. The van der Waals surface area contributed by atoms with Crippen LogP contribution in [0.5, 0.6) is 5.75 Å². The summed E-state index contributed by atoms with van der Waals surface area (Å²) in [6.07, 6.45) is 0. The minimum Gasteiger partial charge on any atom is -0.494 e. The molecule has 2 rings (SSSR count). The van der Waals surface area contributed by atoms with Gasteiger partial charge in [0.1, 0.15) is 5.75 Å². The standard InChI is InChI=1S/C15H18N2O2/c1-3-19-13-7-4-11(5-8-13)14-9-6-12(10-16-2)15(18)17-14/h4-9,16H,3,10H2,1-2H3,(H,17,18). The van der Waals surface area contributed by atoms with Gasteiger partial charge < -0.3 is 15.0 Å². The quantitative estimate of drug-likeness (QED) is 0.864. The lowest BCUT2D eigenvalue weighted by Gasteiger charge is -2.06. The van der Waals surface area contributed by atoms with E-state index in [9.17, 15) is 4.79 Å². The molecule has 0 fully saturated rings. The van der Waals surface area contributed by atoms with Crippen molar-refractivity contribution in [2.24, 2.45) is 0 Å². The summed E-state index contributed by atoms with van der Waals surface area (Å²) >= 11 is 0. The van der Waals surface area contributed by atoms with Crippen LogP contribution in [-0.4, -0.2) is 18.6 Å². The van der Waals surface area contributed by atoms with Gasteiger partial charge in [-0.3, -0.25) is 4.79 Å². The Kier molecular flexibility index (Phi) is 4.36. The van der Waals surface area contributed by atoms with Crippen molar-refractivity contribution in [1.82, 2.24) is 10.3 Å². The highest BCUT2D eigenvalue weighted by Gasteiger charge is 2.03. The fraction of sp³-hybridized carbons (Fsp3) is 0.267. The molecule has 0 spiro atoms. The topological polar surface area (TPSA) is 54.1 Å². The minimum absolute atomic E-state index is 0.0549. The lowest BCUT2D eigenvalue weighted by Crippen LogP contribution is -2.18. The number of hydrogen-bond acceptors (Lipinski definition) is 3. The van der Waals surface area contributed by atoms with E-state index in [4.69, 9.17) is 4.74 Å². The zero-order valence-corrected chi connectivity index (χ0v) is 11.2. The van der Waals surface area contributed by atoms with E-state index in [-0.39, 0.29) is 5.56 Å². The van der Waals surface area contributed by atoms with Crippen LogP contribution in [0.3, 0.4) is 0 Å². The van der Waals surface area contributed by atoms with Crippen LogP contribution < -0.4 is 15.6 Å². The fourth-order valence-corrected chi connectivity index (χ4v) is 1.90. The molecule has 0 aliphatic carbocycles. The first-order chi connectivity index (χ1) is 9.24. The molecule has 1 heterocycles. The highest BCUT2D eigenvalue weighted by molar-refractivity contribution is 5.60. The van der Waals surface area contributed by atoms with Crippen LogP contribution in [0.15, 0.2) is 41.2 Å². The van der Waals surface area contributed by atoms with Crippen LogP contribution >= 0.6 is 0 Å². The van der Waals surface area contributed by atoms with Crippen molar-refractivity contribution in [3.05, 3.63) is 52.3 Å². The van der Waals surface area contributed by atoms with E-state index in [1.807, 2.05) is 50.4 Å². The van der Waals surface area contributed by atoms with Gasteiger partial charge in [-0.25, -0.2) is 0 Å². The van der Waals surface area contributed by atoms with Gasteiger partial charge in [0.2, 0.25) is 0 Å². The molecule has 0 saturated carbocycles. The van der Waals surface area contributed by atoms with Gasteiger partial charge in [-0.2, -0.15) is 0 Å². The average Bonchev–Trinajstić information content (AvgIpc) is 2.43. The fourth-order valence-electron chi connectivity index (χ4n) is 1.90. The maximum absolute atomic E-state index is 11.9. The van der Waals surface area contributed by atoms with Crippen LogP contribution in [0.25, 0.3) is 11.3 Å². The smallest absolute Gasteiger partial charge is 0.252 e. The van der Waals surface area contributed by atoms with E-state index < -0.39 is 0 Å². The Bertz CT molecular complexity index is 588. The third kappa shape index (κ3) is 3.23. The first kappa shape index (κ1) is 13.4. The summed E-state index contributed by atoms with van der Waals surface area (Å²) in [5.74, 6) is 0.834. The SMILES string of the molecule is CCOc1ccc(-c2ccc(CNC)c(=O)[nH]2)cc1. The monoisotopic (exact) mass is 258 g/mol. The molecular weight excluding hydrogens is 240 g/mol. The molecule has 4 heteroatoms. The molecule has 1 aromatic heterocycles. The van der Waals surface area contributed by atoms with Gasteiger partial charge in [-0.05, 0) is 49.9 Å². The molecule has 0 aliphatic rings. The summed E-state index contributed by atoms with van der Waals surface area (Å²) in [4.78, 5) is 14.7. The molecular formula is C15H18N2O2. The second-order valence-corrected chi connectivity index (χ2v) is 4.21. The number of aromatic amines is 1. The molecule has 0 unspecified atom stereocenters. The number of rotatable bonds is 5. The van der Waals surface area contributed by atoms with Crippen LogP contribution in [0.1, 0.15) is 12.5 Å². The number of nitrogens with one attached hydrogen (secondary N) is 2. The average molecular weight is 258 g/mol. The highest BCUT2D eigenvalue weighted by Crippen LogP contribution is 2.20. The van der Waals surface area contributed by atoms with Crippen LogP contribution in [0.4, 0.5) is 0 Å². The first-order valence-electron chi connectivity index (χ1n) is 6.34. The lowest BCUT2D eigenvalue weighted by molar-refractivity contribution is 0.340. The second-order valence-electron chi connectivity index (χ2n) is 4.21. The Balaban J connectivity index is 2.26. The van der Waals surface area contributed by atoms with Crippen molar-refractivity contribution < 1.29 is 4.74 Å². The number of pyridine rings is 1. The Labute approximate surface area is 112 Å². The summed E-state index contributed by atoms with van der Waals surface area (Å²) < 4.78 is 5.39. The van der Waals surface area contributed by atoms with Gasteiger partial charge >= 0.3 is 0 Å². The van der Waals surface area contributed by atoms with Crippen molar-refractivity contribution in [2.75, 3.05) is 13.7 Å².